The van der Waals surface area contributed by atoms with E-state index in [0.29, 0.717) is 11.5 Å². The van der Waals surface area contributed by atoms with Crippen LogP contribution in [0.15, 0.2) is 23.3 Å². The number of nitrogens with zero attached hydrogens (tertiary/aromatic N) is 1. The number of benzene rings is 1. The summed E-state index contributed by atoms with van der Waals surface area (Å²) in [6, 6.07) is 5.53. The Bertz CT molecular complexity index is 600. The van der Waals surface area contributed by atoms with E-state index in [1.54, 1.807) is 14.2 Å². The van der Waals surface area contributed by atoms with Crippen molar-refractivity contribution in [1.82, 2.24) is 5.43 Å². The fourth-order valence-corrected chi connectivity index (χ4v) is 3.49. The predicted octanol–water partition coefficient (Wildman–Crippen LogP) is 5.02. The van der Waals surface area contributed by atoms with Crippen molar-refractivity contribution in [3.63, 3.8) is 0 Å². The smallest absolute Gasteiger partial charge is 0.244 e. The van der Waals surface area contributed by atoms with Gasteiger partial charge in [0.1, 0.15) is 0 Å². The molecule has 1 N–H and O–H groups in total. The van der Waals surface area contributed by atoms with Gasteiger partial charge in [-0.3, -0.25) is 4.79 Å². The second kappa shape index (κ2) is 12.4. The zero-order chi connectivity index (χ0) is 19.3. The summed E-state index contributed by atoms with van der Waals surface area (Å²) < 4.78 is 10.5. The van der Waals surface area contributed by atoms with Gasteiger partial charge in [-0.2, -0.15) is 5.10 Å². The van der Waals surface area contributed by atoms with Crippen LogP contribution in [-0.4, -0.2) is 25.8 Å². The molecular weight excluding hydrogens is 340 g/mol. The maximum Gasteiger partial charge on any atom is 0.244 e. The minimum Gasteiger partial charge on any atom is -0.493 e. The Labute approximate surface area is 163 Å². The van der Waals surface area contributed by atoms with Gasteiger partial charge in [0.05, 0.1) is 20.6 Å². The van der Waals surface area contributed by atoms with Crippen LogP contribution in [0.2, 0.25) is 0 Å². The fourth-order valence-electron chi connectivity index (χ4n) is 3.49. The lowest BCUT2D eigenvalue weighted by molar-refractivity contribution is -0.120. The standard InChI is InChI=1S/C22H34N2O3/c1-26-20-15-14-18(16-21(20)27-2)17-22(25)24-23-19-12-10-8-6-4-3-5-7-9-11-13-19/h14-16H,3-13,17H2,1-2H3,(H,24,25). The van der Waals surface area contributed by atoms with E-state index >= 15 is 0 Å². The molecule has 1 aromatic rings. The third-order valence-corrected chi connectivity index (χ3v) is 5.08. The summed E-state index contributed by atoms with van der Waals surface area (Å²) in [7, 11) is 3.20. The lowest BCUT2D eigenvalue weighted by Crippen LogP contribution is -2.21. The topological polar surface area (TPSA) is 59.9 Å². The monoisotopic (exact) mass is 374 g/mol. The SMILES string of the molecule is COc1ccc(CC(=O)NN=C2CCCCCCCCCCC2)cc1OC. The van der Waals surface area contributed by atoms with Gasteiger partial charge in [0.25, 0.3) is 0 Å². The van der Waals surface area contributed by atoms with Crippen molar-refractivity contribution >= 4 is 11.6 Å². The molecule has 0 aliphatic heterocycles. The minimum atomic E-state index is -0.0964. The molecule has 1 saturated carbocycles. The van der Waals surface area contributed by atoms with E-state index in [0.717, 1.165) is 24.1 Å². The molecule has 0 saturated heterocycles. The molecule has 27 heavy (non-hydrogen) atoms. The molecule has 0 spiro atoms. The summed E-state index contributed by atoms with van der Waals surface area (Å²) in [5, 5.41) is 4.44. The Balaban J connectivity index is 1.88. The number of nitrogens with one attached hydrogen (secondary N) is 1. The lowest BCUT2D eigenvalue weighted by Gasteiger charge is -2.11. The van der Waals surface area contributed by atoms with E-state index in [-0.39, 0.29) is 12.3 Å². The molecule has 150 valence electrons. The van der Waals surface area contributed by atoms with Gasteiger partial charge in [-0.05, 0) is 43.4 Å². The van der Waals surface area contributed by atoms with Gasteiger partial charge in [-0.15, -0.1) is 0 Å². The van der Waals surface area contributed by atoms with Crippen LogP contribution in [0.5, 0.6) is 11.5 Å². The minimum absolute atomic E-state index is 0.0964. The number of ether oxygens (including phenoxy) is 2. The van der Waals surface area contributed by atoms with Crippen LogP contribution >= 0.6 is 0 Å². The first-order chi connectivity index (χ1) is 13.2. The van der Waals surface area contributed by atoms with Crippen molar-refractivity contribution in [3.8, 4) is 11.5 Å². The van der Waals surface area contributed by atoms with Crippen molar-refractivity contribution in [2.75, 3.05) is 14.2 Å². The van der Waals surface area contributed by atoms with Gasteiger partial charge >= 0.3 is 0 Å². The first-order valence-electron chi connectivity index (χ1n) is 10.3. The maximum absolute atomic E-state index is 12.3. The van der Waals surface area contributed by atoms with E-state index in [4.69, 9.17) is 9.47 Å². The van der Waals surface area contributed by atoms with Gasteiger partial charge in [0, 0.05) is 5.71 Å². The van der Waals surface area contributed by atoms with Gasteiger partial charge in [0.15, 0.2) is 11.5 Å². The van der Waals surface area contributed by atoms with E-state index in [1.807, 2.05) is 18.2 Å². The Kier molecular flexibility index (Phi) is 9.74. The van der Waals surface area contributed by atoms with Crippen molar-refractivity contribution in [2.45, 2.75) is 77.0 Å². The summed E-state index contributed by atoms with van der Waals surface area (Å²) >= 11 is 0. The number of rotatable bonds is 5. The molecule has 5 heteroatoms. The number of methoxy groups -OCH3 is 2. The fraction of sp³-hybridized carbons (Fsp3) is 0.636. The normalized spacial score (nSPS) is 16.6. The van der Waals surface area contributed by atoms with Crippen molar-refractivity contribution in [3.05, 3.63) is 23.8 Å². The predicted molar refractivity (Wildman–Crippen MR) is 110 cm³/mol. The number of amides is 1. The molecular formula is C22H34N2O3. The molecule has 1 aliphatic carbocycles. The Hall–Kier alpha value is -2.04. The third-order valence-electron chi connectivity index (χ3n) is 5.08. The zero-order valence-corrected chi connectivity index (χ0v) is 16.9. The van der Waals surface area contributed by atoms with Crippen LogP contribution in [0.25, 0.3) is 0 Å². The molecule has 1 aliphatic rings. The summed E-state index contributed by atoms with van der Waals surface area (Å²) in [5.74, 6) is 1.20. The van der Waals surface area contributed by atoms with E-state index in [2.05, 4.69) is 10.5 Å². The molecule has 2 rings (SSSR count). The highest BCUT2D eigenvalue weighted by atomic mass is 16.5. The maximum atomic E-state index is 12.3. The van der Waals surface area contributed by atoms with Crippen molar-refractivity contribution < 1.29 is 14.3 Å². The zero-order valence-electron chi connectivity index (χ0n) is 16.9. The third kappa shape index (κ3) is 8.02. The average Bonchev–Trinajstić information content (AvgIpc) is 2.67. The Morgan fingerprint density at radius 3 is 2.00 bits per heavy atom. The largest absolute Gasteiger partial charge is 0.493 e. The molecule has 1 fully saturated rings. The van der Waals surface area contributed by atoms with Crippen molar-refractivity contribution in [1.29, 1.82) is 0 Å². The van der Waals surface area contributed by atoms with E-state index < -0.39 is 0 Å². The molecule has 1 aromatic carbocycles. The summed E-state index contributed by atoms with van der Waals surface area (Å²) in [4.78, 5) is 12.3. The number of hydrazone groups is 1. The van der Waals surface area contributed by atoms with Gasteiger partial charge < -0.3 is 9.47 Å². The van der Waals surface area contributed by atoms with Crippen LogP contribution < -0.4 is 14.9 Å². The summed E-state index contributed by atoms with van der Waals surface area (Å²) in [6.07, 6.45) is 13.9. The van der Waals surface area contributed by atoms with E-state index in [9.17, 15) is 4.79 Å². The van der Waals surface area contributed by atoms with Crippen molar-refractivity contribution in [2.24, 2.45) is 5.10 Å². The molecule has 0 aromatic heterocycles. The second-order valence-electron chi connectivity index (χ2n) is 7.26. The van der Waals surface area contributed by atoms with Crippen LogP contribution in [-0.2, 0) is 11.2 Å². The van der Waals surface area contributed by atoms with E-state index in [1.165, 1.54) is 57.8 Å². The van der Waals surface area contributed by atoms with Crippen LogP contribution in [0, 0.1) is 0 Å². The molecule has 5 nitrogen and oxygen atoms in total. The van der Waals surface area contributed by atoms with Crippen LogP contribution in [0.4, 0.5) is 0 Å². The van der Waals surface area contributed by atoms with Gasteiger partial charge in [-0.25, -0.2) is 5.43 Å². The lowest BCUT2D eigenvalue weighted by atomic mass is 10.00. The molecule has 0 bridgehead atoms. The number of carbonyl (C=O) groups is 1. The van der Waals surface area contributed by atoms with Gasteiger partial charge in [0.2, 0.25) is 5.91 Å². The van der Waals surface area contributed by atoms with Crippen LogP contribution in [0.1, 0.15) is 76.2 Å². The highest BCUT2D eigenvalue weighted by Gasteiger charge is 2.09. The Morgan fingerprint density at radius 2 is 1.44 bits per heavy atom. The first-order valence-corrected chi connectivity index (χ1v) is 10.3. The summed E-state index contributed by atoms with van der Waals surface area (Å²) in [5.41, 5.74) is 4.77. The molecule has 0 heterocycles. The number of hydrogen-bond donors (Lipinski definition) is 1. The molecule has 1 amide bonds. The highest BCUT2D eigenvalue weighted by molar-refractivity contribution is 5.86. The summed E-state index contributed by atoms with van der Waals surface area (Å²) in [6.45, 7) is 0. The highest BCUT2D eigenvalue weighted by Crippen LogP contribution is 2.27. The Morgan fingerprint density at radius 1 is 0.889 bits per heavy atom. The first kappa shape index (κ1) is 21.3. The molecule has 0 atom stereocenters. The van der Waals surface area contributed by atoms with Crippen LogP contribution in [0.3, 0.4) is 0 Å². The molecule has 0 unspecified atom stereocenters. The second-order valence-corrected chi connectivity index (χ2v) is 7.26. The quantitative estimate of drug-likeness (QED) is 0.736. The average molecular weight is 375 g/mol. The van der Waals surface area contributed by atoms with Gasteiger partial charge in [-0.1, -0.05) is 51.0 Å². The molecule has 0 radical (unpaired) electrons. The number of hydrogen-bond acceptors (Lipinski definition) is 4. The number of carbonyl (C=O) groups excluding carboxylic acids is 1.